The number of nitrogens with zero attached hydrogens (tertiary/aromatic N) is 1. The molecule has 5 heteroatoms. The lowest BCUT2D eigenvalue weighted by Gasteiger charge is -2.40. The number of aliphatic hydroxyl groups is 2. The van der Waals surface area contributed by atoms with Gasteiger partial charge in [0.25, 0.3) is 0 Å². The van der Waals surface area contributed by atoms with Crippen molar-refractivity contribution in [1.82, 2.24) is 4.90 Å². The van der Waals surface area contributed by atoms with E-state index in [0.717, 1.165) is 31.5 Å². The molecule has 2 rings (SSSR count). The van der Waals surface area contributed by atoms with Crippen molar-refractivity contribution < 1.29 is 19.0 Å². The summed E-state index contributed by atoms with van der Waals surface area (Å²) in [5.41, 5.74) is 0.0984. The van der Waals surface area contributed by atoms with E-state index in [-0.39, 0.29) is 24.8 Å². The molecule has 0 radical (unpaired) electrons. The first-order valence-corrected chi connectivity index (χ1v) is 7.01. The Hall–Kier alpha value is -1.04. The quantitative estimate of drug-likeness (QED) is 0.890. The van der Waals surface area contributed by atoms with Gasteiger partial charge in [0.05, 0.1) is 12.7 Å². The van der Waals surface area contributed by atoms with Crippen LogP contribution in [-0.4, -0.2) is 40.9 Å². The maximum atomic E-state index is 13.6. The van der Waals surface area contributed by atoms with E-state index in [2.05, 4.69) is 6.92 Å². The summed E-state index contributed by atoms with van der Waals surface area (Å²) in [4.78, 5) is 1.99. The molecular formula is C15H21F2NO2. The van der Waals surface area contributed by atoms with E-state index in [1.807, 2.05) is 4.90 Å². The fourth-order valence-electron chi connectivity index (χ4n) is 2.95. The highest BCUT2D eigenvalue weighted by Crippen LogP contribution is 2.26. The second kappa shape index (κ2) is 6.61. The summed E-state index contributed by atoms with van der Waals surface area (Å²) in [7, 11) is 0. The van der Waals surface area contributed by atoms with Crippen LogP contribution in [0.2, 0.25) is 0 Å². The molecule has 3 unspecified atom stereocenters. The third-order valence-corrected chi connectivity index (χ3v) is 4.15. The van der Waals surface area contributed by atoms with Gasteiger partial charge in [-0.1, -0.05) is 13.0 Å². The number of halogens is 2. The average molecular weight is 285 g/mol. The highest BCUT2D eigenvalue weighted by molar-refractivity contribution is 5.21. The van der Waals surface area contributed by atoms with Gasteiger partial charge in [-0.15, -0.1) is 0 Å². The van der Waals surface area contributed by atoms with Crippen molar-refractivity contribution in [2.45, 2.75) is 31.9 Å². The van der Waals surface area contributed by atoms with Gasteiger partial charge < -0.3 is 10.2 Å². The number of rotatable bonds is 4. The van der Waals surface area contributed by atoms with E-state index in [1.165, 1.54) is 6.07 Å². The third kappa shape index (κ3) is 3.34. The van der Waals surface area contributed by atoms with Crippen LogP contribution >= 0.6 is 0 Å². The number of hydrogen-bond acceptors (Lipinski definition) is 3. The van der Waals surface area contributed by atoms with Gasteiger partial charge in [-0.3, -0.25) is 4.90 Å². The monoisotopic (exact) mass is 285 g/mol. The lowest BCUT2D eigenvalue weighted by molar-refractivity contribution is 0.0157. The summed E-state index contributed by atoms with van der Waals surface area (Å²) in [5.74, 6) is -1.04. The van der Waals surface area contributed by atoms with Crippen molar-refractivity contribution in [1.29, 1.82) is 0 Å². The van der Waals surface area contributed by atoms with Crippen molar-refractivity contribution in [3.8, 4) is 0 Å². The van der Waals surface area contributed by atoms with Crippen LogP contribution in [0.25, 0.3) is 0 Å². The highest BCUT2D eigenvalue weighted by atomic mass is 19.1. The van der Waals surface area contributed by atoms with Gasteiger partial charge in [0.15, 0.2) is 0 Å². The van der Waals surface area contributed by atoms with E-state index in [0.29, 0.717) is 5.92 Å². The molecule has 2 N–H and O–H groups in total. The Morgan fingerprint density at radius 3 is 2.80 bits per heavy atom. The molecule has 1 aromatic rings. The predicted octanol–water partition coefficient (Wildman–Crippen LogP) is 2.09. The zero-order valence-electron chi connectivity index (χ0n) is 11.6. The molecule has 1 heterocycles. The molecule has 0 saturated carbocycles. The number of aliphatic hydroxyl groups excluding tert-OH is 2. The molecule has 112 valence electrons. The molecule has 1 aromatic carbocycles. The Morgan fingerprint density at radius 1 is 1.40 bits per heavy atom. The van der Waals surface area contributed by atoms with Crippen LogP contribution in [-0.2, 0) is 0 Å². The van der Waals surface area contributed by atoms with Crippen molar-refractivity contribution in [2.24, 2.45) is 5.92 Å². The third-order valence-electron chi connectivity index (χ3n) is 4.15. The van der Waals surface area contributed by atoms with Gasteiger partial charge in [0.2, 0.25) is 0 Å². The normalized spacial score (nSPS) is 25.6. The summed E-state index contributed by atoms with van der Waals surface area (Å²) in [6.45, 7) is 3.12. The van der Waals surface area contributed by atoms with Crippen molar-refractivity contribution in [3.05, 3.63) is 35.4 Å². The summed E-state index contributed by atoms with van der Waals surface area (Å²) in [5, 5.41) is 19.6. The minimum absolute atomic E-state index is 0.0121. The topological polar surface area (TPSA) is 43.7 Å². The molecular weight excluding hydrogens is 264 g/mol. The molecule has 0 amide bonds. The summed E-state index contributed by atoms with van der Waals surface area (Å²) in [6.07, 6.45) is 1.02. The van der Waals surface area contributed by atoms with E-state index < -0.39 is 17.7 Å². The first-order valence-electron chi connectivity index (χ1n) is 7.01. The zero-order valence-corrected chi connectivity index (χ0v) is 11.6. The van der Waals surface area contributed by atoms with Crippen molar-refractivity contribution >= 4 is 0 Å². The van der Waals surface area contributed by atoms with E-state index in [9.17, 15) is 19.0 Å². The Kier molecular flexibility index (Phi) is 5.07. The number of likely N-dealkylation sites (tertiary alicyclic amines) is 1. The van der Waals surface area contributed by atoms with Gasteiger partial charge in [0, 0.05) is 24.2 Å². The van der Waals surface area contributed by atoms with Gasteiger partial charge in [-0.05, 0) is 31.4 Å². The van der Waals surface area contributed by atoms with Gasteiger partial charge >= 0.3 is 0 Å². The van der Waals surface area contributed by atoms with Crippen LogP contribution in [0.15, 0.2) is 18.2 Å². The fraction of sp³-hybridized carbons (Fsp3) is 0.600. The Labute approximate surface area is 117 Å². The molecule has 0 aliphatic carbocycles. The van der Waals surface area contributed by atoms with Crippen LogP contribution in [0.4, 0.5) is 8.78 Å². The number of benzene rings is 1. The molecule has 1 aliphatic heterocycles. The maximum Gasteiger partial charge on any atom is 0.131 e. The highest BCUT2D eigenvalue weighted by Gasteiger charge is 2.29. The number of β-amino-alcohol motifs (C(OH)–C–C–N with tert-alkyl or cyclic N) is 1. The zero-order chi connectivity index (χ0) is 14.7. The molecule has 20 heavy (non-hydrogen) atoms. The lowest BCUT2D eigenvalue weighted by atomic mass is 9.90. The van der Waals surface area contributed by atoms with E-state index in [4.69, 9.17) is 0 Å². The Balaban J connectivity index is 2.08. The molecule has 0 aromatic heterocycles. The average Bonchev–Trinajstić information content (AvgIpc) is 2.38. The second-order valence-electron chi connectivity index (χ2n) is 5.55. The number of piperidine rings is 1. The van der Waals surface area contributed by atoms with Crippen LogP contribution < -0.4 is 0 Å². The molecule has 1 saturated heterocycles. The first-order chi connectivity index (χ1) is 9.52. The molecule has 0 bridgehead atoms. The van der Waals surface area contributed by atoms with Crippen LogP contribution in [0.5, 0.6) is 0 Å². The summed E-state index contributed by atoms with van der Waals surface area (Å²) in [6, 6.07) is 3.18. The first kappa shape index (κ1) is 15.4. The summed E-state index contributed by atoms with van der Waals surface area (Å²) >= 11 is 0. The lowest BCUT2D eigenvalue weighted by Crippen LogP contribution is -2.48. The molecule has 0 spiro atoms. The Bertz CT molecular complexity index is 455. The standard InChI is InChI=1S/C15H21F2NO2/c1-10-3-2-6-18(14(10)9-19)8-15(20)12-5-4-11(16)7-13(12)17/h4-5,7,10,14-15,19-20H,2-3,6,8-9H2,1H3. The number of hydrogen-bond donors (Lipinski definition) is 2. The summed E-state index contributed by atoms with van der Waals surface area (Å²) < 4.78 is 26.5. The SMILES string of the molecule is CC1CCCN(CC(O)c2ccc(F)cc2F)C1CO. The van der Waals surface area contributed by atoms with Gasteiger partial charge in [-0.25, -0.2) is 8.78 Å². The minimum Gasteiger partial charge on any atom is -0.395 e. The predicted molar refractivity (Wildman–Crippen MR) is 72.2 cm³/mol. The molecule has 1 fully saturated rings. The van der Waals surface area contributed by atoms with Crippen molar-refractivity contribution in [2.75, 3.05) is 19.7 Å². The van der Waals surface area contributed by atoms with E-state index in [1.54, 1.807) is 0 Å². The molecule has 1 aliphatic rings. The van der Waals surface area contributed by atoms with Crippen molar-refractivity contribution in [3.63, 3.8) is 0 Å². The molecule has 3 nitrogen and oxygen atoms in total. The Morgan fingerprint density at radius 2 is 2.15 bits per heavy atom. The smallest absolute Gasteiger partial charge is 0.131 e. The fourth-order valence-corrected chi connectivity index (χ4v) is 2.95. The van der Waals surface area contributed by atoms with Crippen LogP contribution in [0, 0.1) is 17.6 Å². The molecule has 3 atom stereocenters. The van der Waals surface area contributed by atoms with E-state index >= 15 is 0 Å². The van der Waals surface area contributed by atoms with Crippen LogP contribution in [0.1, 0.15) is 31.4 Å². The second-order valence-corrected chi connectivity index (χ2v) is 5.55. The van der Waals surface area contributed by atoms with Crippen LogP contribution in [0.3, 0.4) is 0 Å². The minimum atomic E-state index is -1.02. The maximum absolute atomic E-state index is 13.6. The largest absolute Gasteiger partial charge is 0.395 e. The van der Waals surface area contributed by atoms with Gasteiger partial charge in [0.1, 0.15) is 11.6 Å². The van der Waals surface area contributed by atoms with Gasteiger partial charge in [-0.2, -0.15) is 0 Å².